The second-order valence-electron chi connectivity index (χ2n) is 5.06. The standard InChI is InChI=1S/C13H24O3/c1-5-8(2)13(15)12-7-16-10(4)9(3)11(12)6-14/h8-12,14H,5-7H2,1-4H3/t8?,9-,10+,11-,12-/m1/s1. The first kappa shape index (κ1) is 13.7. The van der Waals surface area contributed by atoms with Crippen molar-refractivity contribution in [2.24, 2.45) is 23.7 Å². The Balaban J connectivity index is 2.75. The van der Waals surface area contributed by atoms with Crippen LogP contribution in [-0.2, 0) is 9.53 Å². The van der Waals surface area contributed by atoms with Crippen LogP contribution in [-0.4, -0.2) is 30.2 Å². The summed E-state index contributed by atoms with van der Waals surface area (Å²) in [6.07, 6.45) is 0.996. The van der Waals surface area contributed by atoms with Crippen LogP contribution in [0.25, 0.3) is 0 Å². The van der Waals surface area contributed by atoms with Crippen LogP contribution >= 0.6 is 0 Å². The molecule has 0 aliphatic carbocycles. The lowest BCUT2D eigenvalue weighted by atomic mass is 9.74. The molecule has 0 aromatic carbocycles. The van der Waals surface area contributed by atoms with Crippen molar-refractivity contribution in [3.8, 4) is 0 Å². The molecule has 0 spiro atoms. The maximum atomic E-state index is 12.2. The van der Waals surface area contributed by atoms with Gasteiger partial charge in [0.15, 0.2) is 0 Å². The summed E-state index contributed by atoms with van der Waals surface area (Å²) < 4.78 is 5.62. The van der Waals surface area contributed by atoms with Gasteiger partial charge in [0.2, 0.25) is 0 Å². The Bertz CT molecular complexity index is 239. The van der Waals surface area contributed by atoms with Gasteiger partial charge in [0.1, 0.15) is 5.78 Å². The smallest absolute Gasteiger partial charge is 0.141 e. The van der Waals surface area contributed by atoms with E-state index in [9.17, 15) is 9.90 Å². The zero-order valence-electron chi connectivity index (χ0n) is 10.8. The SMILES string of the molecule is CCC(C)C(=O)[C@@H]1CO[C@@H](C)[C@@H](C)[C@H]1CO. The van der Waals surface area contributed by atoms with E-state index in [0.29, 0.717) is 6.61 Å². The summed E-state index contributed by atoms with van der Waals surface area (Å²) in [5.74, 6) is 0.511. The molecule has 0 saturated carbocycles. The predicted octanol–water partition coefficient (Wildman–Crippen LogP) is 1.88. The maximum absolute atomic E-state index is 12.2. The number of ketones is 1. The highest BCUT2D eigenvalue weighted by Gasteiger charge is 2.39. The second kappa shape index (κ2) is 5.78. The largest absolute Gasteiger partial charge is 0.396 e. The molecule has 0 aromatic heterocycles. The zero-order valence-corrected chi connectivity index (χ0v) is 10.8. The third kappa shape index (κ3) is 2.64. The van der Waals surface area contributed by atoms with Crippen LogP contribution in [0.15, 0.2) is 0 Å². The van der Waals surface area contributed by atoms with Gasteiger partial charge in [0, 0.05) is 18.4 Å². The third-order valence-corrected chi connectivity index (χ3v) is 4.15. The lowest BCUT2D eigenvalue weighted by molar-refractivity contribution is -0.144. The van der Waals surface area contributed by atoms with Gasteiger partial charge in [0.25, 0.3) is 0 Å². The van der Waals surface area contributed by atoms with Crippen LogP contribution in [0.3, 0.4) is 0 Å². The van der Waals surface area contributed by atoms with E-state index in [0.717, 1.165) is 6.42 Å². The lowest BCUT2D eigenvalue weighted by Gasteiger charge is -2.39. The molecule has 1 aliphatic heterocycles. The molecule has 1 saturated heterocycles. The van der Waals surface area contributed by atoms with E-state index in [2.05, 4.69) is 6.92 Å². The van der Waals surface area contributed by atoms with E-state index in [1.807, 2.05) is 20.8 Å². The first-order valence-electron chi connectivity index (χ1n) is 6.29. The highest BCUT2D eigenvalue weighted by atomic mass is 16.5. The fraction of sp³-hybridized carbons (Fsp3) is 0.923. The van der Waals surface area contributed by atoms with Gasteiger partial charge in [-0.3, -0.25) is 4.79 Å². The molecule has 1 fully saturated rings. The van der Waals surface area contributed by atoms with Gasteiger partial charge >= 0.3 is 0 Å². The normalized spacial score (nSPS) is 37.1. The minimum absolute atomic E-state index is 0.0604. The molecule has 16 heavy (non-hydrogen) atoms. The monoisotopic (exact) mass is 228 g/mol. The molecule has 94 valence electrons. The van der Waals surface area contributed by atoms with Crippen molar-refractivity contribution in [2.45, 2.75) is 40.2 Å². The first-order chi connectivity index (χ1) is 7.52. The van der Waals surface area contributed by atoms with Crippen molar-refractivity contribution in [2.75, 3.05) is 13.2 Å². The van der Waals surface area contributed by atoms with Crippen molar-refractivity contribution in [3.63, 3.8) is 0 Å². The number of carbonyl (C=O) groups is 1. The molecule has 0 aromatic rings. The van der Waals surface area contributed by atoms with Crippen molar-refractivity contribution < 1.29 is 14.6 Å². The van der Waals surface area contributed by atoms with E-state index in [-0.39, 0.29) is 42.2 Å². The van der Waals surface area contributed by atoms with Crippen LogP contribution < -0.4 is 0 Å². The molecule has 0 radical (unpaired) electrons. The number of aliphatic hydroxyl groups excluding tert-OH is 1. The Morgan fingerprint density at radius 1 is 1.50 bits per heavy atom. The molecule has 3 nitrogen and oxygen atoms in total. The summed E-state index contributed by atoms with van der Waals surface area (Å²) in [7, 11) is 0. The molecule has 3 heteroatoms. The van der Waals surface area contributed by atoms with E-state index in [1.165, 1.54) is 0 Å². The Labute approximate surface area is 98.2 Å². The highest BCUT2D eigenvalue weighted by molar-refractivity contribution is 5.83. The average molecular weight is 228 g/mol. The maximum Gasteiger partial charge on any atom is 0.141 e. The molecule has 0 bridgehead atoms. The second-order valence-corrected chi connectivity index (χ2v) is 5.06. The van der Waals surface area contributed by atoms with E-state index in [1.54, 1.807) is 0 Å². The van der Waals surface area contributed by atoms with Crippen LogP contribution in [0.1, 0.15) is 34.1 Å². The quantitative estimate of drug-likeness (QED) is 0.799. The zero-order chi connectivity index (χ0) is 12.3. The van der Waals surface area contributed by atoms with E-state index < -0.39 is 0 Å². The number of carbonyl (C=O) groups excluding carboxylic acids is 1. The van der Waals surface area contributed by atoms with E-state index in [4.69, 9.17) is 4.74 Å². The fourth-order valence-electron chi connectivity index (χ4n) is 2.40. The molecule has 1 N–H and O–H groups in total. The van der Waals surface area contributed by atoms with Gasteiger partial charge in [-0.05, 0) is 25.2 Å². The summed E-state index contributed by atoms with van der Waals surface area (Å²) in [5, 5.41) is 9.45. The minimum atomic E-state index is -0.119. The molecule has 5 atom stereocenters. The first-order valence-corrected chi connectivity index (χ1v) is 6.29. The van der Waals surface area contributed by atoms with Crippen LogP contribution in [0.5, 0.6) is 0 Å². The van der Waals surface area contributed by atoms with Gasteiger partial charge in [-0.1, -0.05) is 20.8 Å². The minimum Gasteiger partial charge on any atom is -0.396 e. The summed E-state index contributed by atoms with van der Waals surface area (Å²) in [6, 6.07) is 0. The number of hydrogen-bond donors (Lipinski definition) is 1. The average Bonchev–Trinajstić information content (AvgIpc) is 2.30. The number of aliphatic hydroxyl groups is 1. The van der Waals surface area contributed by atoms with Crippen LogP contribution in [0.2, 0.25) is 0 Å². The Hall–Kier alpha value is -0.410. The number of hydrogen-bond acceptors (Lipinski definition) is 3. The Kier molecular flexibility index (Phi) is 4.93. The third-order valence-electron chi connectivity index (χ3n) is 4.15. The summed E-state index contributed by atoms with van der Waals surface area (Å²) >= 11 is 0. The lowest BCUT2D eigenvalue weighted by Crippen LogP contribution is -2.45. The highest BCUT2D eigenvalue weighted by Crippen LogP contribution is 2.33. The van der Waals surface area contributed by atoms with Gasteiger partial charge in [-0.2, -0.15) is 0 Å². The number of rotatable bonds is 4. The van der Waals surface area contributed by atoms with E-state index >= 15 is 0 Å². The number of ether oxygens (including phenoxy) is 1. The molecule has 1 rings (SSSR count). The predicted molar refractivity (Wildman–Crippen MR) is 63.1 cm³/mol. The topological polar surface area (TPSA) is 46.5 Å². The summed E-state index contributed by atoms with van der Waals surface area (Å²) in [4.78, 5) is 12.2. The summed E-state index contributed by atoms with van der Waals surface area (Å²) in [5.41, 5.74) is 0. The van der Waals surface area contributed by atoms with Crippen LogP contribution in [0, 0.1) is 23.7 Å². The molecule has 1 unspecified atom stereocenters. The molecular formula is C13H24O3. The van der Waals surface area contributed by atoms with Crippen molar-refractivity contribution in [1.29, 1.82) is 0 Å². The Morgan fingerprint density at radius 3 is 2.62 bits per heavy atom. The van der Waals surface area contributed by atoms with Crippen LogP contribution in [0.4, 0.5) is 0 Å². The van der Waals surface area contributed by atoms with Crippen molar-refractivity contribution in [3.05, 3.63) is 0 Å². The molecule has 1 aliphatic rings. The van der Waals surface area contributed by atoms with Crippen molar-refractivity contribution in [1.82, 2.24) is 0 Å². The molecule has 0 amide bonds. The fourth-order valence-corrected chi connectivity index (χ4v) is 2.40. The van der Waals surface area contributed by atoms with Gasteiger partial charge < -0.3 is 9.84 Å². The van der Waals surface area contributed by atoms with Gasteiger partial charge in [-0.25, -0.2) is 0 Å². The van der Waals surface area contributed by atoms with Crippen molar-refractivity contribution >= 4 is 5.78 Å². The van der Waals surface area contributed by atoms with Gasteiger partial charge in [-0.15, -0.1) is 0 Å². The number of Topliss-reactive ketones (excluding diaryl/α,β-unsaturated/α-hetero) is 1. The van der Waals surface area contributed by atoms with Gasteiger partial charge in [0.05, 0.1) is 12.7 Å². The molecular weight excluding hydrogens is 204 g/mol. The Morgan fingerprint density at radius 2 is 2.12 bits per heavy atom. The summed E-state index contributed by atoms with van der Waals surface area (Å²) in [6.45, 7) is 8.60. The molecule has 1 heterocycles.